The fourth-order valence-electron chi connectivity index (χ4n) is 3.85. The number of para-hydroxylation sites is 1. The highest BCUT2D eigenvalue weighted by molar-refractivity contribution is 7.83. The summed E-state index contributed by atoms with van der Waals surface area (Å²) in [6, 6.07) is 23.1. The maximum Gasteiger partial charge on any atom is 0.231 e. The Morgan fingerprint density at radius 3 is 2.44 bits per heavy atom. The average Bonchev–Trinajstić information content (AvgIpc) is 3.27. The molecule has 0 aromatic heterocycles. The lowest BCUT2D eigenvalue weighted by Crippen LogP contribution is -2.42. The minimum atomic E-state index is -1.31. The lowest BCUT2D eigenvalue weighted by Gasteiger charge is -2.34. The fraction of sp³-hybridized carbons (Fsp3) is 0.280. The van der Waals surface area contributed by atoms with Crippen molar-refractivity contribution in [2.75, 3.05) is 33.0 Å². The molecule has 0 radical (unpaired) electrons. The van der Waals surface area contributed by atoms with Crippen LogP contribution in [0.3, 0.4) is 0 Å². The third-order valence-corrected chi connectivity index (χ3v) is 6.90. The molecular weight excluding hydrogens is 424 g/mol. The van der Waals surface area contributed by atoms with Crippen molar-refractivity contribution in [3.8, 4) is 23.0 Å². The van der Waals surface area contributed by atoms with Crippen LogP contribution in [0.2, 0.25) is 0 Å². The summed E-state index contributed by atoms with van der Waals surface area (Å²) in [5.41, 5.74) is 1.16. The topological polar surface area (TPSA) is 60.0 Å². The molecule has 2 unspecified atom stereocenters. The zero-order valence-corrected chi connectivity index (χ0v) is 18.6. The van der Waals surface area contributed by atoms with E-state index in [1.807, 2.05) is 66.7 Å². The lowest BCUT2D eigenvalue weighted by molar-refractivity contribution is 0.169. The Kier molecular flexibility index (Phi) is 6.39. The van der Waals surface area contributed by atoms with Gasteiger partial charge in [0.25, 0.3) is 0 Å². The van der Waals surface area contributed by atoms with Crippen LogP contribution in [0.15, 0.2) is 77.7 Å². The monoisotopic (exact) mass is 450 g/mol. The number of fused-ring (bicyclic) bond motifs is 1. The molecule has 0 amide bonds. The second kappa shape index (κ2) is 9.73. The molecule has 1 saturated heterocycles. The Balaban J connectivity index is 1.23. The van der Waals surface area contributed by atoms with Crippen molar-refractivity contribution in [2.45, 2.75) is 17.2 Å². The van der Waals surface area contributed by atoms with E-state index in [1.165, 1.54) is 6.42 Å². The van der Waals surface area contributed by atoms with Gasteiger partial charge in [-0.15, -0.1) is 0 Å². The van der Waals surface area contributed by atoms with Crippen molar-refractivity contribution in [2.24, 2.45) is 0 Å². The third kappa shape index (κ3) is 4.96. The molecule has 5 rings (SSSR count). The van der Waals surface area contributed by atoms with Gasteiger partial charge in [0.05, 0.1) is 4.90 Å². The highest BCUT2D eigenvalue weighted by Gasteiger charge is 2.23. The highest BCUT2D eigenvalue weighted by atomic mass is 32.2. The van der Waals surface area contributed by atoms with Crippen molar-refractivity contribution in [1.29, 1.82) is 0 Å². The van der Waals surface area contributed by atoms with Crippen LogP contribution < -0.4 is 18.9 Å². The van der Waals surface area contributed by atoms with Crippen LogP contribution in [0.25, 0.3) is 0 Å². The molecule has 6 nitrogen and oxygen atoms in total. The summed E-state index contributed by atoms with van der Waals surface area (Å²) in [6.45, 7) is 4.03. The van der Waals surface area contributed by atoms with Gasteiger partial charge in [0.1, 0.15) is 22.5 Å². The van der Waals surface area contributed by atoms with Crippen LogP contribution in [0, 0.1) is 0 Å². The van der Waals surface area contributed by atoms with Gasteiger partial charge in [0, 0.05) is 19.0 Å². The minimum Gasteiger partial charge on any atom is -0.457 e. The maximum absolute atomic E-state index is 12.9. The number of benzene rings is 3. The van der Waals surface area contributed by atoms with E-state index in [1.54, 1.807) is 0 Å². The predicted molar refractivity (Wildman–Crippen MR) is 124 cm³/mol. The Hall–Kier alpha value is -2.87. The smallest absolute Gasteiger partial charge is 0.231 e. The Bertz CT molecular complexity index is 1070. The van der Waals surface area contributed by atoms with Crippen LogP contribution >= 0.6 is 0 Å². The number of hydrogen-bond acceptors (Lipinski definition) is 5. The molecule has 0 aliphatic carbocycles. The molecule has 2 aliphatic heterocycles. The first-order valence-corrected chi connectivity index (χ1v) is 12.0. The van der Waals surface area contributed by atoms with Crippen LogP contribution in [0.1, 0.15) is 17.9 Å². The maximum atomic E-state index is 12.9. The van der Waals surface area contributed by atoms with Crippen LogP contribution in [-0.2, 0) is 11.0 Å². The van der Waals surface area contributed by atoms with Gasteiger partial charge < -0.3 is 19.1 Å². The first kappa shape index (κ1) is 21.0. The fourth-order valence-corrected chi connectivity index (χ4v) is 4.75. The highest BCUT2D eigenvalue weighted by Crippen LogP contribution is 2.35. The molecule has 2 aliphatic rings. The summed E-state index contributed by atoms with van der Waals surface area (Å²) in [5, 5.41) is 0. The second-order valence-electron chi connectivity index (χ2n) is 7.97. The summed E-state index contributed by atoms with van der Waals surface area (Å²) in [7, 11) is -1.31. The first-order chi connectivity index (χ1) is 15.7. The normalized spacial score (nSPS) is 16.9. The lowest BCUT2D eigenvalue weighted by atomic mass is 9.97. The van der Waals surface area contributed by atoms with Gasteiger partial charge >= 0.3 is 0 Å². The molecule has 166 valence electrons. The quantitative estimate of drug-likeness (QED) is 0.527. The summed E-state index contributed by atoms with van der Waals surface area (Å²) < 4.78 is 32.9. The Morgan fingerprint density at radius 1 is 0.938 bits per heavy atom. The molecule has 2 atom stereocenters. The van der Waals surface area contributed by atoms with Crippen molar-refractivity contribution in [3.05, 3.63) is 78.4 Å². The van der Waals surface area contributed by atoms with Crippen molar-refractivity contribution in [3.63, 3.8) is 0 Å². The summed E-state index contributed by atoms with van der Waals surface area (Å²) in [4.78, 5) is 3.15. The van der Waals surface area contributed by atoms with Crippen LogP contribution in [0.4, 0.5) is 0 Å². The molecule has 3 aromatic rings. The molecule has 1 N–H and O–H groups in total. The average molecular weight is 451 g/mol. The number of nitrogens with zero attached hydrogens (tertiary/aromatic N) is 1. The number of rotatable bonds is 9. The van der Waals surface area contributed by atoms with Crippen LogP contribution in [0.5, 0.6) is 23.0 Å². The molecular formula is C25H26N2O4S. The molecule has 7 heteroatoms. The third-order valence-electron chi connectivity index (χ3n) is 5.77. The summed E-state index contributed by atoms with van der Waals surface area (Å²) in [5.74, 6) is 3.26. The second-order valence-corrected chi connectivity index (χ2v) is 9.27. The zero-order valence-electron chi connectivity index (χ0n) is 17.7. The van der Waals surface area contributed by atoms with Gasteiger partial charge in [-0.05, 0) is 73.6 Å². The van der Waals surface area contributed by atoms with E-state index in [4.69, 9.17) is 14.2 Å². The van der Waals surface area contributed by atoms with Crippen molar-refractivity contribution >= 4 is 11.0 Å². The molecule has 2 heterocycles. The van der Waals surface area contributed by atoms with Gasteiger partial charge in [-0.25, -0.2) is 8.93 Å². The van der Waals surface area contributed by atoms with E-state index in [9.17, 15) is 4.21 Å². The number of nitrogens with one attached hydrogen (secondary N) is 1. The Labute approximate surface area is 190 Å². The van der Waals surface area contributed by atoms with E-state index in [2.05, 4.69) is 15.7 Å². The van der Waals surface area contributed by atoms with Gasteiger partial charge in [-0.2, -0.15) is 0 Å². The largest absolute Gasteiger partial charge is 0.457 e. The SMILES string of the molecule is O=S(NCC(CN1CCC1)c1ccc2c(c1)OCO2)c1ccc(Oc2ccccc2)cc1. The van der Waals surface area contributed by atoms with E-state index in [0.29, 0.717) is 12.3 Å². The van der Waals surface area contributed by atoms with Crippen molar-refractivity contribution in [1.82, 2.24) is 9.62 Å². The van der Waals surface area contributed by atoms with E-state index >= 15 is 0 Å². The summed E-state index contributed by atoms with van der Waals surface area (Å²) in [6.07, 6.45) is 1.24. The van der Waals surface area contributed by atoms with Gasteiger partial charge in [-0.3, -0.25) is 0 Å². The van der Waals surface area contributed by atoms with Gasteiger partial charge in [0.15, 0.2) is 11.5 Å². The Morgan fingerprint density at radius 2 is 1.69 bits per heavy atom. The molecule has 3 aromatic carbocycles. The van der Waals surface area contributed by atoms with E-state index in [-0.39, 0.29) is 12.7 Å². The molecule has 0 saturated carbocycles. The first-order valence-electron chi connectivity index (χ1n) is 10.8. The predicted octanol–water partition coefficient (Wildman–Crippen LogP) is 4.31. The summed E-state index contributed by atoms with van der Waals surface area (Å²) >= 11 is 0. The van der Waals surface area contributed by atoms with Crippen LogP contribution in [-0.4, -0.2) is 42.1 Å². The minimum absolute atomic E-state index is 0.203. The molecule has 0 bridgehead atoms. The number of hydrogen-bond donors (Lipinski definition) is 1. The van der Waals surface area contributed by atoms with E-state index < -0.39 is 11.0 Å². The van der Waals surface area contributed by atoms with Gasteiger partial charge in [0.2, 0.25) is 6.79 Å². The number of likely N-dealkylation sites (tertiary alicyclic amines) is 1. The molecule has 32 heavy (non-hydrogen) atoms. The number of ether oxygens (including phenoxy) is 3. The molecule has 0 spiro atoms. The van der Waals surface area contributed by atoms with E-state index in [0.717, 1.165) is 47.3 Å². The van der Waals surface area contributed by atoms with Gasteiger partial charge in [-0.1, -0.05) is 24.3 Å². The molecule has 1 fully saturated rings. The standard InChI is InChI=1S/C25H26N2O4S/c28-32(23-10-8-22(9-11-23)31-21-5-2-1-3-6-21)26-16-20(17-27-13-4-14-27)19-7-12-24-25(15-19)30-18-29-24/h1-3,5-12,15,20,26H,4,13-14,16-18H2. The van der Waals surface area contributed by atoms with Crippen molar-refractivity contribution < 1.29 is 18.4 Å². The zero-order chi connectivity index (χ0) is 21.8.